The zero-order valence-corrected chi connectivity index (χ0v) is 10.1. The van der Waals surface area contributed by atoms with Crippen molar-refractivity contribution in [2.24, 2.45) is 0 Å². The van der Waals surface area contributed by atoms with E-state index in [-0.39, 0.29) is 5.56 Å². The Balaban J connectivity index is 2.41. The Bertz CT molecular complexity index is 655. The van der Waals surface area contributed by atoms with E-state index in [1.807, 2.05) is 0 Å². The molecule has 0 fully saturated rings. The van der Waals surface area contributed by atoms with Crippen LogP contribution in [0.4, 0.5) is 14.5 Å². The fraction of sp³-hybridized carbons (Fsp3) is 0.0714. The molecule has 0 saturated carbocycles. The first-order valence-corrected chi connectivity index (χ1v) is 5.44. The molecule has 0 bridgehead atoms. The van der Waals surface area contributed by atoms with Gasteiger partial charge < -0.3 is 10.5 Å². The molecule has 5 heteroatoms. The van der Waals surface area contributed by atoms with Crippen LogP contribution in [0.25, 0.3) is 0 Å². The largest absolute Gasteiger partial charge is 0.451 e. The van der Waals surface area contributed by atoms with Crippen LogP contribution in [0.3, 0.4) is 0 Å². The maximum atomic E-state index is 13.7. The third kappa shape index (κ3) is 2.63. The van der Waals surface area contributed by atoms with Crippen molar-refractivity contribution in [1.29, 1.82) is 5.26 Å². The van der Waals surface area contributed by atoms with E-state index in [0.717, 1.165) is 12.1 Å². The van der Waals surface area contributed by atoms with Crippen LogP contribution in [0.1, 0.15) is 11.1 Å². The molecule has 2 aromatic rings. The van der Waals surface area contributed by atoms with E-state index >= 15 is 0 Å². The minimum absolute atomic E-state index is 0.101. The van der Waals surface area contributed by atoms with Crippen molar-refractivity contribution in [3.05, 3.63) is 53.1 Å². The van der Waals surface area contributed by atoms with Gasteiger partial charge in [0.1, 0.15) is 5.75 Å². The summed E-state index contributed by atoms with van der Waals surface area (Å²) in [7, 11) is 0. The molecule has 96 valence electrons. The maximum absolute atomic E-state index is 13.7. The monoisotopic (exact) mass is 260 g/mol. The smallest absolute Gasteiger partial charge is 0.198 e. The van der Waals surface area contributed by atoms with Crippen LogP contribution in [0.5, 0.6) is 11.5 Å². The van der Waals surface area contributed by atoms with E-state index in [1.165, 1.54) is 6.07 Å². The molecule has 0 aromatic heterocycles. The molecule has 0 aliphatic carbocycles. The summed E-state index contributed by atoms with van der Waals surface area (Å²) in [4.78, 5) is 0. The Labute approximate surface area is 108 Å². The summed E-state index contributed by atoms with van der Waals surface area (Å²) in [5.74, 6) is -2.08. The molecule has 0 unspecified atom stereocenters. The van der Waals surface area contributed by atoms with E-state index in [4.69, 9.17) is 15.7 Å². The molecule has 0 aliphatic rings. The van der Waals surface area contributed by atoms with Crippen LogP contribution in [-0.2, 0) is 0 Å². The van der Waals surface area contributed by atoms with Crippen LogP contribution in [0, 0.1) is 29.9 Å². The predicted molar refractivity (Wildman–Crippen MR) is 66.7 cm³/mol. The van der Waals surface area contributed by atoms with Gasteiger partial charge in [-0.05, 0) is 42.8 Å². The Morgan fingerprint density at radius 2 is 1.79 bits per heavy atom. The lowest BCUT2D eigenvalue weighted by molar-refractivity contribution is 0.405. The average Bonchev–Trinajstić information content (AvgIpc) is 2.35. The van der Waals surface area contributed by atoms with Gasteiger partial charge in [-0.1, -0.05) is 0 Å². The third-order valence-corrected chi connectivity index (χ3v) is 2.54. The average molecular weight is 260 g/mol. The molecule has 0 saturated heterocycles. The number of rotatable bonds is 2. The van der Waals surface area contributed by atoms with Crippen LogP contribution in [-0.4, -0.2) is 0 Å². The molecule has 19 heavy (non-hydrogen) atoms. The highest BCUT2D eigenvalue weighted by atomic mass is 19.1. The first-order valence-electron chi connectivity index (χ1n) is 5.44. The molecule has 0 heterocycles. The van der Waals surface area contributed by atoms with E-state index in [2.05, 4.69) is 0 Å². The maximum Gasteiger partial charge on any atom is 0.198 e. The predicted octanol–water partition coefficient (Wildman–Crippen LogP) is 3.52. The Hall–Kier alpha value is -2.61. The minimum Gasteiger partial charge on any atom is -0.451 e. The van der Waals surface area contributed by atoms with Gasteiger partial charge in [-0.15, -0.1) is 0 Å². The summed E-state index contributed by atoms with van der Waals surface area (Å²) >= 11 is 0. The number of anilines is 1. The molecule has 0 amide bonds. The molecule has 2 rings (SSSR count). The highest BCUT2D eigenvalue weighted by Crippen LogP contribution is 2.31. The number of nitrogens with two attached hydrogens (primary N) is 1. The fourth-order valence-corrected chi connectivity index (χ4v) is 1.62. The van der Waals surface area contributed by atoms with Crippen molar-refractivity contribution in [2.75, 3.05) is 5.73 Å². The Morgan fingerprint density at radius 3 is 2.32 bits per heavy atom. The summed E-state index contributed by atoms with van der Waals surface area (Å²) in [6, 6.07) is 8.24. The molecule has 2 aromatic carbocycles. The molecular weight excluding hydrogens is 250 g/mol. The number of hydrogen-bond acceptors (Lipinski definition) is 3. The van der Waals surface area contributed by atoms with Gasteiger partial charge in [-0.25, -0.2) is 8.78 Å². The normalized spacial score (nSPS) is 10.0. The number of nitrogens with zero attached hydrogens (tertiary/aromatic N) is 1. The van der Waals surface area contributed by atoms with Gasteiger partial charge in [0, 0.05) is 5.69 Å². The highest BCUT2D eigenvalue weighted by Gasteiger charge is 2.14. The van der Waals surface area contributed by atoms with E-state index in [9.17, 15) is 8.78 Å². The lowest BCUT2D eigenvalue weighted by atomic mass is 10.2. The highest BCUT2D eigenvalue weighted by molar-refractivity contribution is 5.49. The van der Waals surface area contributed by atoms with Gasteiger partial charge in [0.05, 0.1) is 11.6 Å². The number of ether oxygens (including phenoxy) is 1. The quantitative estimate of drug-likeness (QED) is 0.840. The first-order chi connectivity index (χ1) is 9.01. The van der Waals surface area contributed by atoms with Crippen molar-refractivity contribution in [2.45, 2.75) is 6.92 Å². The Morgan fingerprint density at radius 1 is 1.16 bits per heavy atom. The van der Waals surface area contributed by atoms with Gasteiger partial charge in [0.2, 0.25) is 0 Å². The van der Waals surface area contributed by atoms with Gasteiger partial charge >= 0.3 is 0 Å². The lowest BCUT2D eigenvalue weighted by Gasteiger charge is -2.11. The summed E-state index contributed by atoms with van der Waals surface area (Å²) < 4.78 is 32.5. The van der Waals surface area contributed by atoms with Crippen molar-refractivity contribution in [1.82, 2.24) is 0 Å². The van der Waals surface area contributed by atoms with Crippen LogP contribution < -0.4 is 10.5 Å². The van der Waals surface area contributed by atoms with E-state index in [0.29, 0.717) is 17.0 Å². The molecule has 0 spiro atoms. The summed E-state index contributed by atoms with van der Waals surface area (Å²) in [5, 5.41) is 8.60. The van der Waals surface area contributed by atoms with E-state index in [1.54, 1.807) is 25.1 Å². The molecule has 0 radical (unpaired) electrons. The standard InChI is InChI=1S/C14H10F2N2O/c1-8-4-10(18)2-3-13(8)19-14-11(15)5-9(7-17)6-12(14)16/h2-6H,18H2,1H3. The topological polar surface area (TPSA) is 59.0 Å². The van der Waals surface area contributed by atoms with E-state index < -0.39 is 17.4 Å². The van der Waals surface area contributed by atoms with Crippen LogP contribution in [0.15, 0.2) is 30.3 Å². The zero-order chi connectivity index (χ0) is 14.0. The molecule has 2 N–H and O–H groups in total. The number of nitriles is 1. The number of hydrogen-bond donors (Lipinski definition) is 1. The second-order valence-electron chi connectivity index (χ2n) is 4.01. The first kappa shape index (κ1) is 12.8. The number of nitrogen functional groups attached to an aromatic ring is 1. The lowest BCUT2D eigenvalue weighted by Crippen LogP contribution is -1.96. The summed E-state index contributed by atoms with van der Waals surface area (Å²) in [6.07, 6.45) is 0. The van der Waals surface area contributed by atoms with Crippen molar-refractivity contribution in [3.8, 4) is 17.6 Å². The van der Waals surface area contributed by atoms with Gasteiger partial charge in [-0.2, -0.15) is 5.26 Å². The number of aryl methyl sites for hydroxylation is 1. The third-order valence-electron chi connectivity index (χ3n) is 2.54. The van der Waals surface area contributed by atoms with Crippen molar-refractivity contribution < 1.29 is 13.5 Å². The second-order valence-corrected chi connectivity index (χ2v) is 4.01. The molecule has 0 aliphatic heterocycles. The zero-order valence-electron chi connectivity index (χ0n) is 10.1. The second kappa shape index (κ2) is 4.94. The van der Waals surface area contributed by atoms with Crippen LogP contribution >= 0.6 is 0 Å². The Kier molecular flexibility index (Phi) is 3.34. The van der Waals surface area contributed by atoms with Crippen molar-refractivity contribution >= 4 is 5.69 Å². The molecule has 0 atom stereocenters. The molecule has 3 nitrogen and oxygen atoms in total. The van der Waals surface area contributed by atoms with Gasteiger partial charge in [-0.3, -0.25) is 0 Å². The molecular formula is C14H10F2N2O. The minimum atomic E-state index is -0.923. The van der Waals surface area contributed by atoms with Crippen LogP contribution in [0.2, 0.25) is 0 Å². The SMILES string of the molecule is Cc1cc(N)ccc1Oc1c(F)cc(C#N)cc1F. The summed E-state index contributed by atoms with van der Waals surface area (Å²) in [6.45, 7) is 1.71. The van der Waals surface area contributed by atoms with Gasteiger partial charge in [0.25, 0.3) is 0 Å². The van der Waals surface area contributed by atoms with Gasteiger partial charge in [0.15, 0.2) is 17.4 Å². The number of halogens is 2. The number of benzene rings is 2. The van der Waals surface area contributed by atoms with Crippen molar-refractivity contribution in [3.63, 3.8) is 0 Å². The fourth-order valence-electron chi connectivity index (χ4n) is 1.62. The summed E-state index contributed by atoms with van der Waals surface area (Å²) in [5.41, 5.74) is 6.67.